The van der Waals surface area contributed by atoms with Crippen molar-refractivity contribution in [3.8, 4) is 11.5 Å². The van der Waals surface area contributed by atoms with Crippen LogP contribution in [0.15, 0.2) is 18.2 Å². The number of carbonyl (C=O) groups is 1. The third kappa shape index (κ3) is 5.26. The van der Waals surface area contributed by atoms with Crippen LogP contribution in [0.2, 0.25) is 5.02 Å². The number of likely N-dealkylation sites (N-methyl/N-ethyl adjacent to an activating group) is 1. The summed E-state index contributed by atoms with van der Waals surface area (Å²) in [5.41, 5.74) is 0.792. The van der Waals surface area contributed by atoms with Crippen molar-refractivity contribution in [1.29, 1.82) is 0 Å². The summed E-state index contributed by atoms with van der Waals surface area (Å²) in [6.07, 6.45) is 3.27. The Morgan fingerprint density at radius 1 is 1.41 bits per heavy atom. The molecule has 0 unspecified atom stereocenters. The molecule has 0 radical (unpaired) electrons. The number of amides is 1. The van der Waals surface area contributed by atoms with Crippen LogP contribution in [0.1, 0.15) is 26.3 Å². The maximum atomic E-state index is 12.0. The second-order valence-electron chi connectivity index (χ2n) is 5.41. The predicted octanol–water partition coefficient (Wildman–Crippen LogP) is 3.87. The topological polar surface area (TPSA) is 38.8 Å². The Balaban J connectivity index is 2.93. The zero-order chi connectivity index (χ0) is 16.7. The number of hydrogen-bond donors (Lipinski definition) is 0. The molecular weight excluding hydrogens is 302 g/mol. The van der Waals surface area contributed by atoms with Crippen molar-refractivity contribution in [2.45, 2.75) is 20.8 Å². The fourth-order valence-corrected chi connectivity index (χ4v) is 2.37. The monoisotopic (exact) mass is 325 g/mol. The number of carbonyl (C=O) groups excluding carboxylic acids is 1. The summed E-state index contributed by atoms with van der Waals surface area (Å²) < 4.78 is 10.8. The highest BCUT2D eigenvalue weighted by molar-refractivity contribution is 6.32. The molecule has 0 heterocycles. The van der Waals surface area contributed by atoms with Gasteiger partial charge in [0.2, 0.25) is 5.91 Å². The van der Waals surface area contributed by atoms with E-state index in [-0.39, 0.29) is 5.91 Å². The van der Waals surface area contributed by atoms with Crippen LogP contribution < -0.4 is 9.47 Å². The molecule has 0 aliphatic rings. The Labute approximate surface area is 137 Å². The first-order valence-electron chi connectivity index (χ1n) is 7.32. The van der Waals surface area contributed by atoms with Crippen LogP contribution in [0, 0.1) is 5.92 Å². The van der Waals surface area contributed by atoms with Crippen LogP contribution in [-0.4, -0.2) is 38.1 Å². The van der Waals surface area contributed by atoms with Crippen LogP contribution in [0.5, 0.6) is 11.5 Å². The SMILES string of the molecule is CCOc1cc(/C=C/C(=O)N(C)CC(C)C)cc(Cl)c1OC. The average molecular weight is 326 g/mol. The van der Waals surface area contributed by atoms with E-state index < -0.39 is 0 Å². The van der Waals surface area contributed by atoms with Gasteiger partial charge in [0.15, 0.2) is 11.5 Å². The fraction of sp³-hybridized carbons (Fsp3) is 0.471. The molecule has 0 aromatic heterocycles. The van der Waals surface area contributed by atoms with E-state index in [4.69, 9.17) is 21.1 Å². The molecule has 122 valence electrons. The molecule has 0 bridgehead atoms. The number of ether oxygens (including phenoxy) is 2. The average Bonchev–Trinajstić information content (AvgIpc) is 2.44. The van der Waals surface area contributed by atoms with Crippen molar-refractivity contribution in [3.05, 3.63) is 28.8 Å². The first kappa shape index (κ1) is 18.4. The van der Waals surface area contributed by atoms with E-state index in [1.54, 1.807) is 37.3 Å². The third-order valence-electron chi connectivity index (χ3n) is 2.97. The largest absolute Gasteiger partial charge is 0.491 e. The smallest absolute Gasteiger partial charge is 0.246 e. The van der Waals surface area contributed by atoms with E-state index in [9.17, 15) is 4.79 Å². The van der Waals surface area contributed by atoms with Gasteiger partial charge in [0.1, 0.15) is 0 Å². The molecule has 0 saturated carbocycles. The summed E-state index contributed by atoms with van der Waals surface area (Å²) in [6.45, 7) is 7.27. The molecule has 1 aromatic carbocycles. The van der Waals surface area contributed by atoms with Gasteiger partial charge in [0.05, 0.1) is 18.7 Å². The van der Waals surface area contributed by atoms with E-state index in [2.05, 4.69) is 13.8 Å². The molecule has 4 nitrogen and oxygen atoms in total. The van der Waals surface area contributed by atoms with Crippen molar-refractivity contribution in [2.75, 3.05) is 27.3 Å². The summed E-state index contributed by atoms with van der Waals surface area (Å²) in [4.78, 5) is 13.7. The van der Waals surface area contributed by atoms with E-state index in [0.717, 1.165) is 12.1 Å². The van der Waals surface area contributed by atoms with E-state index in [0.29, 0.717) is 29.0 Å². The van der Waals surface area contributed by atoms with Gasteiger partial charge in [0.25, 0.3) is 0 Å². The minimum atomic E-state index is -0.0430. The number of nitrogens with zero attached hydrogens (tertiary/aromatic N) is 1. The van der Waals surface area contributed by atoms with Crippen LogP contribution in [-0.2, 0) is 4.79 Å². The Morgan fingerprint density at radius 2 is 2.09 bits per heavy atom. The fourth-order valence-electron chi connectivity index (χ4n) is 2.08. The standard InChI is InChI=1S/C17H24ClNO3/c1-6-22-15-10-13(9-14(18)17(15)21-5)7-8-16(20)19(4)11-12(2)3/h7-10,12H,6,11H2,1-5H3/b8-7+. The molecule has 0 aliphatic heterocycles. The van der Waals surface area contributed by atoms with Crippen molar-refractivity contribution in [1.82, 2.24) is 4.90 Å². The van der Waals surface area contributed by atoms with E-state index in [1.165, 1.54) is 6.08 Å². The quantitative estimate of drug-likeness (QED) is 0.714. The second-order valence-corrected chi connectivity index (χ2v) is 5.82. The molecular formula is C17H24ClNO3. The number of halogens is 1. The zero-order valence-electron chi connectivity index (χ0n) is 13.9. The van der Waals surface area contributed by atoms with Crippen molar-refractivity contribution >= 4 is 23.6 Å². The van der Waals surface area contributed by atoms with E-state index >= 15 is 0 Å². The summed E-state index contributed by atoms with van der Waals surface area (Å²) in [5.74, 6) is 1.46. The van der Waals surface area contributed by atoms with Gasteiger partial charge in [-0.15, -0.1) is 0 Å². The lowest BCUT2D eigenvalue weighted by Crippen LogP contribution is -2.28. The highest BCUT2D eigenvalue weighted by atomic mass is 35.5. The maximum absolute atomic E-state index is 12.0. The summed E-state index contributed by atoms with van der Waals surface area (Å²) in [7, 11) is 3.34. The number of rotatable bonds is 7. The molecule has 5 heteroatoms. The van der Waals surface area contributed by atoms with Gasteiger partial charge >= 0.3 is 0 Å². The maximum Gasteiger partial charge on any atom is 0.246 e. The van der Waals surface area contributed by atoms with Crippen LogP contribution in [0.25, 0.3) is 6.08 Å². The minimum Gasteiger partial charge on any atom is -0.491 e. The third-order valence-corrected chi connectivity index (χ3v) is 3.25. The highest BCUT2D eigenvalue weighted by Crippen LogP contribution is 2.36. The molecule has 22 heavy (non-hydrogen) atoms. The number of benzene rings is 1. The molecule has 1 aromatic rings. The molecule has 0 spiro atoms. The summed E-state index contributed by atoms with van der Waals surface area (Å²) >= 11 is 6.18. The van der Waals surface area contributed by atoms with Gasteiger partial charge in [-0.25, -0.2) is 0 Å². The molecule has 1 amide bonds. The van der Waals surface area contributed by atoms with Gasteiger partial charge in [-0.1, -0.05) is 25.4 Å². The van der Waals surface area contributed by atoms with Gasteiger partial charge in [-0.2, -0.15) is 0 Å². The molecule has 0 N–H and O–H groups in total. The normalized spacial score (nSPS) is 11.0. The zero-order valence-corrected chi connectivity index (χ0v) is 14.6. The van der Waals surface area contributed by atoms with Crippen LogP contribution in [0.3, 0.4) is 0 Å². The Morgan fingerprint density at radius 3 is 2.64 bits per heavy atom. The lowest BCUT2D eigenvalue weighted by molar-refractivity contribution is -0.125. The van der Waals surface area contributed by atoms with Gasteiger partial charge in [0, 0.05) is 19.7 Å². The first-order valence-corrected chi connectivity index (χ1v) is 7.70. The van der Waals surface area contributed by atoms with Crippen molar-refractivity contribution in [3.63, 3.8) is 0 Å². The summed E-state index contributed by atoms with van der Waals surface area (Å²) in [5, 5.41) is 0.455. The highest BCUT2D eigenvalue weighted by Gasteiger charge is 2.11. The second kappa shape index (κ2) is 8.69. The molecule has 0 aliphatic carbocycles. The van der Waals surface area contributed by atoms with Crippen LogP contribution >= 0.6 is 11.6 Å². The minimum absolute atomic E-state index is 0.0430. The molecule has 0 atom stereocenters. The number of hydrogen-bond acceptors (Lipinski definition) is 3. The Bertz CT molecular complexity index is 541. The predicted molar refractivity (Wildman–Crippen MR) is 90.7 cm³/mol. The van der Waals surface area contributed by atoms with Gasteiger partial charge in [-0.05, 0) is 36.6 Å². The van der Waals surface area contributed by atoms with Crippen LogP contribution in [0.4, 0.5) is 0 Å². The summed E-state index contributed by atoms with van der Waals surface area (Å²) in [6, 6.07) is 3.55. The first-order chi connectivity index (χ1) is 10.4. The van der Waals surface area contributed by atoms with Gasteiger partial charge < -0.3 is 14.4 Å². The van der Waals surface area contributed by atoms with Gasteiger partial charge in [-0.3, -0.25) is 4.79 Å². The molecule has 0 saturated heterocycles. The Kier molecular flexibility index (Phi) is 7.25. The lowest BCUT2D eigenvalue weighted by atomic mass is 10.1. The number of methoxy groups -OCH3 is 1. The molecule has 1 rings (SSSR count). The molecule has 0 fully saturated rings. The van der Waals surface area contributed by atoms with Crippen molar-refractivity contribution in [2.24, 2.45) is 5.92 Å². The van der Waals surface area contributed by atoms with E-state index in [1.807, 2.05) is 6.92 Å². The van der Waals surface area contributed by atoms with Crippen molar-refractivity contribution < 1.29 is 14.3 Å². The lowest BCUT2D eigenvalue weighted by Gasteiger charge is -2.17. The Hall–Kier alpha value is -1.68.